The molecule has 0 aromatic heterocycles. The van der Waals surface area contributed by atoms with E-state index in [0.717, 1.165) is 12.1 Å². The highest BCUT2D eigenvalue weighted by atomic mass is 19.4. The summed E-state index contributed by atoms with van der Waals surface area (Å²) in [4.78, 5) is 11.6. The minimum Gasteiger partial charge on any atom is -0.462 e. The van der Waals surface area contributed by atoms with Gasteiger partial charge in [-0.05, 0) is 18.6 Å². The number of carbonyl (C=O) groups excluding carboxylic acids is 1. The lowest BCUT2D eigenvalue weighted by atomic mass is 10.1. The molecule has 20 heavy (non-hydrogen) atoms. The van der Waals surface area contributed by atoms with Gasteiger partial charge in [-0.3, -0.25) is 0 Å². The zero-order valence-electron chi connectivity index (χ0n) is 10.4. The monoisotopic (exact) mass is 292 g/mol. The summed E-state index contributed by atoms with van der Waals surface area (Å²) in [7, 11) is 0. The molecular formula is C13H12F4O3. The summed E-state index contributed by atoms with van der Waals surface area (Å²) in [6.07, 6.45) is -4.14. The van der Waals surface area contributed by atoms with Gasteiger partial charge in [0, 0.05) is 12.5 Å². The normalized spacial score (nSPS) is 19.1. The Hall–Kier alpha value is -1.63. The minimum absolute atomic E-state index is 0.00723. The third kappa shape index (κ3) is 3.27. The van der Waals surface area contributed by atoms with Crippen molar-refractivity contribution in [1.29, 1.82) is 0 Å². The molecule has 0 aliphatic carbocycles. The fourth-order valence-electron chi connectivity index (χ4n) is 1.89. The molecule has 1 heterocycles. The molecule has 0 radical (unpaired) electrons. The van der Waals surface area contributed by atoms with Crippen molar-refractivity contribution in [2.75, 3.05) is 19.8 Å². The Morgan fingerprint density at radius 1 is 1.40 bits per heavy atom. The molecule has 0 amide bonds. The second-order valence-electron chi connectivity index (χ2n) is 4.49. The maximum Gasteiger partial charge on any atom is 0.419 e. The Balaban J connectivity index is 2.09. The molecule has 1 fully saturated rings. The summed E-state index contributed by atoms with van der Waals surface area (Å²) < 4.78 is 61.1. The second-order valence-corrected chi connectivity index (χ2v) is 4.49. The van der Waals surface area contributed by atoms with Gasteiger partial charge in [0.1, 0.15) is 5.82 Å². The zero-order chi connectivity index (χ0) is 14.8. The van der Waals surface area contributed by atoms with Crippen molar-refractivity contribution in [2.24, 2.45) is 5.92 Å². The van der Waals surface area contributed by atoms with Crippen LogP contribution in [0.5, 0.6) is 0 Å². The van der Waals surface area contributed by atoms with E-state index in [1.54, 1.807) is 0 Å². The van der Waals surface area contributed by atoms with E-state index in [9.17, 15) is 22.4 Å². The average Bonchev–Trinajstić information content (AvgIpc) is 2.88. The lowest BCUT2D eigenvalue weighted by Crippen LogP contribution is -2.17. The predicted molar refractivity (Wildman–Crippen MR) is 60.6 cm³/mol. The van der Waals surface area contributed by atoms with Gasteiger partial charge < -0.3 is 9.47 Å². The SMILES string of the molecule is O=C(OCC1CCOC1)c1cccc(C(F)(F)F)c1F. The summed E-state index contributed by atoms with van der Waals surface area (Å²) >= 11 is 0. The highest BCUT2D eigenvalue weighted by molar-refractivity contribution is 5.90. The van der Waals surface area contributed by atoms with Crippen LogP contribution >= 0.6 is 0 Å². The van der Waals surface area contributed by atoms with Crippen molar-refractivity contribution in [3.63, 3.8) is 0 Å². The number of ether oxygens (including phenoxy) is 2. The van der Waals surface area contributed by atoms with E-state index in [1.807, 2.05) is 0 Å². The van der Waals surface area contributed by atoms with Gasteiger partial charge in [0.05, 0.1) is 24.3 Å². The minimum atomic E-state index is -4.85. The van der Waals surface area contributed by atoms with Gasteiger partial charge in [-0.1, -0.05) is 6.07 Å². The van der Waals surface area contributed by atoms with Crippen molar-refractivity contribution in [1.82, 2.24) is 0 Å². The molecule has 1 saturated heterocycles. The first kappa shape index (κ1) is 14.8. The van der Waals surface area contributed by atoms with Crippen LogP contribution in [0.1, 0.15) is 22.3 Å². The molecule has 3 nitrogen and oxygen atoms in total. The number of alkyl halides is 3. The van der Waals surface area contributed by atoms with E-state index in [2.05, 4.69) is 0 Å². The summed E-state index contributed by atoms with van der Waals surface area (Å²) in [6.45, 7) is 0.993. The standard InChI is InChI=1S/C13H12F4O3/c14-11-9(2-1-3-10(11)13(15,16)17)12(18)20-7-8-4-5-19-6-8/h1-3,8H,4-7H2. The zero-order valence-corrected chi connectivity index (χ0v) is 10.4. The smallest absolute Gasteiger partial charge is 0.419 e. The summed E-state index contributed by atoms with van der Waals surface area (Å²) in [5, 5.41) is 0. The molecule has 1 unspecified atom stereocenters. The van der Waals surface area contributed by atoms with E-state index in [4.69, 9.17) is 9.47 Å². The van der Waals surface area contributed by atoms with E-state index >= 15 is 0 Å². The number of hydrogen-bond acceptors (Lipinski definition) is 3. The molecule has 1 aromatic carbocycles. The Morgan fingerprint density at radius 3 is 2.75 bits per heavy atom. The van der Waals surface area contributed by atoms with E-state index in [0.29, 0.717) is 25.7 Å². The quantitative estimate of drug-likeness (QED) is 0.634. The summed E-state index contributed by atoms with van der Waals surface area (Å²) in [5.74, 6) is -2.69. The first-order valence-electron chi connectivity index (χ1n) is 6.00. The van der Waals surface area contributed by atoms with Crippen LogP contribution in [-0.2, 0) is 15.7 Å². The first-order chi connectivity index (χ1) is 9.39. The largest absolute Gasteiger partial charge is 0.462 e. The van der Waals surface area contributed by atoms with Gasteiger partial charge in [-0.2, -0.15) is 13.2 Å². The Labute approximate surface area is 112 Å². The van der Waals surface area contributed by atoms with Crippen LogP contribution in [0.3, 0.4) is 0 Å². The van der Waals surface area contributed by atoms with E-state index in [1.165, 1.54) is 0 Å². The Kier molecular flexibility index (Phi) is 4.27. The van der Waals surface area contributed by atoms with Crippen molar-refractivity contribution < 1.29 is 31.8 Å². The molecule has 7 heteroatoms. The number of hydrogen-bond donors (Lipinski definition) is 0. The number of esters is 1. The van der Waals surface area contributed by atoms with Crippen LogP contribution in [0.25, 0.3) is 0 Å². The maximum absolute atomic E-state index is 13.7. The molecule has 2 rings (SSSR count). The highest BCUT2D eigenvalue weighted by Gasteiger charge is 2.36. The van der Waals surface area contributed by atoms with Crippen LogP contribution in [-0.4, -0.2) is 25.8 Å². The average molecular weight is 292 g/mol. The predicted octanol–water partition coefficient (Wildman–Crippen LogP) is 3.04. The van der Waals surface area contributed by atoms with E-state index < -0.39 is 29.1 Å². The van der Waals surface area contributed by atoms with Gasteiger partial charge >= 0.3 is 12.1 Å². The molecule has 110 valence electrons. The van der Waals surface area contributed by atoms with Crippen LogP contribution in [0, 0.1) is 11.7 Å². The molecule has 0 saturated carbocycles. The third-order valence-corrected chi connectivity index (χ3v) is 3.00. The Bertz CT molecular complexity index is 493. The first-order valence-corrected chi connectivity index (χ1v) is 6.00. The van der Waals surface area contributed by atoms with E-state index in [-0.39, 0.29) is 12.5 Å². The van der Waals surface area contributed by atoms with Crippen molar-refractivity contribution in [2.45, 2.75) is 12.6 Å². The van der Waals surface area contributed by atoms with Crippen LogP contribution < -0.4 is 0 Å². The molecule has 0 spiro atoms. The van der Waals surface area contributed by atoms with Crippen LogP contribution in [0.2, 0.25) is 0 Å². The van der Waals surface area contributed by atoms with Gasteiger partial charge in [0.25, 0.3) is 0 Å². The van der Waals surface area contributed by atoms with Crippen molar-refractivity contribution >= 4 is 5.97 Å². The highest BCUT2D eigenvalue weighted by Crippen LogP contribution is 2.32. The fourth-order valence-corrected chi connectivity index (χ4v) is 1.89. The van der Waals surface area contributed by atoms with Crippen LogP contribution in [0.15, 0.2) is 18.2 Å². The number of carbonyl (C=O) groups is 1. The van der Waals surface area contributed by atoms with Crippen LogP contribution in [0.4, 0.5) is 17.6 Å². The molecule has 1 aliphatic rings. The second kappa shape index (κ2) is 5.78. The molecule has 1 aliphatic heterocycles. The molecule has 0 bridgehead atoms. The lowest BCUT2D eigenvalue weighted by molar-refractivity contribution is -0.140. The molecular weight excluding hydrogens is 280 g/mol. The fraction of sp³-hybridized carbons (Fsp3) is 0.462. The number of benzene rings is 1. The lowest BCUT2D eigenvalue weighted by Gasteiger charge is -2.12. The molecule has 1 aromatic rings. The van der Waals surface area contributed by atoms with Gasteiger partial charge in [-0.15, -0.1) is 0 Å². The summed E-state index contributed by atoms with van der Waals surface area (Å²) in [6, 6.07) is 2.52. The van der Waals surface area contributed by atoms with Gasteiger partial charge in [-0.25, -0.2) is 9.18 Å². The number of rotatable bonds is 3. The maximum atomic E-state index is 13.7. The van der Waals surface area contributed by atoms with Crippen molar-refractivity contribution in [3.8, 4) is 0 Å². The van der Waals surface area contributed by atoms with Gasteiger partial charge in [0.2, 0.25) is 0 Å². The molecule has 1 atom stereocenters. The Morgan fingerprint density at radius 2 is 2.15 bits per heavy atom. The van der Waals surface area contributed by atoms with Gasteiger partial charge in [0.15, 0.2) is 0 Å². The number of halogens is 4. The topological polar surface area (TPSA) is 35.5 Å². The third-order valence-electron chi connectivity index (χ3n) is 3.00. The molecule has 0 N–H and O–H groups in total. The van der Waals surface area contributed by atoms with Crippen molar-refractivity contribution in [3.05, 3.63) is 35.1 Å². The summed E-state index contributed by atoms with van der Waals surface area (Å²) in [5.41, 5.74) is -2.19.